The number of unbranched alkanes of at least 4 members (excludes halogenated alkanes) is 1. The summed E-state index contributed by atoms with van der Waals surface area (Å²) in [5, 5.41) is 22.7. The van der Waals surface area contributed by atoms with Gasteiger partial charge in [0.2, 0.25) is 0 Å². The quantitative estimate of drug-likeness (QED) is 0.0766. The molecule has 270 valence electrons. The normalized spacial score (nSPS) is 35.8. The first kappa shape index (κ1) is 38.5. The third kappa shape index (κ3) is 10.3. The predicted octanol–water partition coefficient (Wildman–Crippen LogP) is 5.14. The second-order valence-corrected chi connectivity index (χ2v) is 17.4. The maximum atomic E-state index is 11.7. The Morgan fingerprint density at radius 3 is 2.22 bits per heavy atom. The third-order valence-corrected chi connectivity index (χ3v) is 13.6. The van der Waals surface area contributed by atoms with Gasteiger partial charge in [-0.05, 0) is 182 Å². The van der Waals surface area contributed by atoms with Crippen molar-refractivity contribution in [3.8, 4) is 0 Å². The van der Waals surface area contributed by atoms with Crippen molar-refractivity contribution in [1.82, 2.24) is 16.0 Å². The van der Waals surface area contributed by atoms with Crippen LogP contribution in [0.15, 0.2) is 0 Å². The van der Waals surface area contributed by atoms with Gasteiger partial charge in [0.05, 0.1) is 12.2 Å². The molecule has 4 aliphatic carbocycles. The molecular formula is C36H70N4O5S. The Morgan fingerprint density at radius 2 is 1.54 bits per heavy atom. The second-order valence-electron chi connectivity index (χ2n) is 16.3. The molecule has 4 aliphatic rings. The molecule has 0 aromatic carbocycles. The zero-order valence-corrected chi connectivity index (χ0v) is 30.4. The lowest BCUT2D eigenvalue weighted by molar-refractivity contribution is -0.149. The number of nitrogens with one attached hydrogen (secondary N) is 3. The molecule has 0 radical (unpaired) electrons. The molecule has 4 saturated carbocycles. The maximum Gasteiger partial charge on any atom is 0.397 e. The fraction of sp³-hybridized carbons (Fsp3) is 1.00. The first-order valence-electron chi connectivity index (χ1n) is 19.1. The second kappa shape index (κ2) is 18.1. The van der Waals surface area contributed by atoms with Crippen LogP contribution in [-0.2, 0) is 14.6 Å². The summed E-state index contributed by atoms with van der Waals surface area (Å²) >= 11 is 0. The van der Waals surface area contributed by atoms with Crippen molar-refractivity contribution in [2.75, 3.05) is 39.3 Å². The summed E-state index contributed by atoms with van der Waals surface area (Å²) < 4.78 is 37.0. The Bertz CT molecular complexity index is 1000. The molecule has 0 heterocycles. The minimum Gasteiger partial charge on any atom is -0.393 e. The number of hydrogen-bond acceptors (Lipinski definition) is 8. The Balaban J connectivity index is 1.19. The highest BCUT2D eigenvalue weighted by Gasteiger charge is 2.59. The standard InChI is InChI=1S/C36H70N4O5S/c1-25(2)34(45-46(42,43)44)14-9-26(3)29-10-11-31-30(29)12-13-32-35(31)33(41)24-27-23-28(15-16-36(27,32)4)40-22-8-21-39-19-6-5-18-38-20-7-17-37/h25-35,38-41H,5-24,37H2,1-4H3,(H,42,43,44)/t26?,27-,28+,29-,30?,31?,32?,33-,34-,35?,36+/m1/s1. The summed E-state index contributed by atoms with van der Waals surface area (Å²) in [6.45, 7) is 14.9. The fourth-order valence-corrected chi connectivity index (χ4v) is 11.3. The molecule has 4 fully saturated rings. The summed E-state index contributed by atoms with van der Waals surface area (Å²) in [6.07, 6.45) is 15.2. The van der Waals surface area contributed by atoms with E-state index in [9.17, 15) is 18.1 Å². The van der Waals surface area contributed by atoms with E-state index in [1.165, 1.54) is 57.8 Å². The van der Waals surface area contributed by atoms with E-state index >= 15 is 0 Å². The highest BCUT2D eigenvalue weighted by molar-refractivity contribution is 7.80. The average molecular weight is 671 g/mol. The van der Waals surface area contributed by atoms with E-state index < -0.39 is 16.5 Å². The van der Waals surface area contributed by atoms with Gasteiger partial charge in [-0.1, -0.05) is 27.7 Å². The molecule has 0 amide bonds. The van der Waals surface area contributed by atoms with Gasteiger partial charge >= 0.3 is 10.4 Å². The first-order chi connectivity index (χ1) is 21.9. The van der Waals surface area contributed by atoms with Gasteiger partial charge in [-0.25, -0.2) is 4.18 Å². The molecule has 5 unspecified atom stereocenters. The fourth-order valence-electron chi connectivity index (χ4n) is 10.6. The number of aliphatic hydroxyl groups excluding tert-OH is 1. The molecule has 0 aliphatic heterocycles. The van der Waals surface area contributed by atoms with Crippen molar-refractivity contribution in [2.24, 2.45) is 58.5 Å². The van der Waals surface area contributed by atoms with Gasteiger partial charge in [0.25, 0.3) is 0 Å². The van der Waals surface area contributed by atoms with E-state index in [0.29, 0.717) is 59.3 Å². The summed E-state index contributed by atoms with van der Waals surface area (Å²) in [7, 11) is -4.45. The molecule has 0 bridgehead atoms. The summed E-state index contributed by atoms with van der Waals surface area (Å²) in [5.74, 6) is 4.07. The van der Waals surface area contributed by atoms with E-state index in [-0.39, 0.29) is 12.0 Å². The summed E-state index contributed by atoms with van der Waals surface area (Å²) in [6, 6.07) is 0.578. The third-order valence-electron chi connectivity index (χ3n) is 13.2. The minimum absolute atomic E-state index is 0.0224. The molecule has 0 saturated heterocycles. The average Bonchev–Trinajstić information content (AvgIpc) is 3.44. The van der Waals surface area contributed by atoms with Gasteiger partial charge in [-0.15, -0.1) is 0 Å². The van der Waals surface area contributed by atoms with E-state index in [2.05, 4.69) is 29.8 Å². The maximum absolute atomic E-state index is 11.7. The van der Waals surface area contributed by atoms with Crippen molar-refractivity contribution >= 4 is 10.4 Å². The summed E-state index contributed by atoms with van der Waals surface area (Å²) in [4.78, 5) is 0. The van der Waals surface area contributed by atoms with Gasteiger partial charge in [0.1, 0.15) is 0 Å². The monoisotopic (exact) mass is 671 g/mol. The van der Waals surface area contributed by atoms with Crippen molar-refractivity contribution in [1.29, 1.82) is 0 Å². The number of rotatable bonds is 20. The largest absolute Gasteiger partial charge is 0.397 e. The topological polar surface area (TPSA) is 146 Å². The number of nitrogens with two attached hydrogens (primary N) is 1. The van der Waals surface area contributed by atoms with Crippen LogP contribution in [0.4, 0.5) is 0 Å². The molecule has 4 rings (SSSR count). The molecule has 0 aromatic heterocycles. The van der Waals surface area contributed by atoms with Gasteiger partial charge < -0.3 is 26.8 Å². The molecule has 10 heteroatoms. The highest BCUT2D eigenvalue weighted by Crippen LogP contribution is 2.64. The number of aliphatic hydroxyl groups is 1. The number of hydrogen-bond donors (Lipinski definition) is 6. The van der Waals surface area contributed by atoms with E-state index in [0.717, 1.165) is 65.0 Å². The minimum atomic E-state index is -4.45. The van der Waals surface area contributed by atoms with E-state index in [4.69, 9.17) is 9.92 Å². The van der Waals surface area contributed by atoms with Crippen LogP contribution in [0.25, 0.3) is 0 Å². The van der Waals surface area contributed by atoms with Gasteiger partial charge in [0, 0.05) is 6.04 Å². The number of fused-ring (bicyclic) bond motifs is 5. The highest BCUT2D eigenvalue weighted by atomic mass is 32.3. The van der Waals surface area contributed by atoms with Gasteiger partial charge in [0.15, 0.2) is 0 Å². The lowest BCUT2D eigenvalue weighted by atomic mass is 9.46. The SMILES string of the molecule is CC(CC[C@@H](OS(=O)(=O)O)C(C)C)[C@H]1CCC2C1CCC1C2[C@H](O)C[C@H]2C[C@@H](NCCCNCCCCNCCCN)CC[C@]12C. The lowest BCUT2D eigenvalue weighted by Crippen LogP contribution is -2.57. The summed E-state index contributed by atoms with van der Waals surface area (Å²) in [5.41, 5.74) is 5.88. The van der Waals surface area contributed by atoms with Crippen LogP contribution < -0.4 is 21.7 Å². The molecule has 46 heavy (non-hydrogen) atoms. The van der Waals surface area contributed by atoms with Crippen LogP contribution in [0.2, 0.25) is 0 Å². The van der Waals surface area contributed by atoms with E-state index in [1.807, 2.05) is 13.8 Å². The smallest absolute Gasteiger partial charge is 0.393 e. The Hall–Kier alpha value is -0.330. The van der Waals surface area contributed by atoms with Crippen LogP contribution in [0, 0.1) is 52.8 Å². The van der Waals surface area contributed by atoms with E-state index in [1.54, 1.807) is 0 Å². The lowest BCUT2D eigenvalue weighted by Gasteiger charge is -2.60. The Morgan fingerprint density at radius 1 is 0.870 bits per heavy atom. The van der Waals surface area contributed by atoms with Crippen molar-refractivity contribution in [3.63, 3.8) is 0 Å². The van der Waals surface area contributed by atoms with Gasteiger partial charge in [-0.3, -0.25) is 4.55 Å². The van der Waals surface area contributed by atoms with Crippen LogP contribution in [0.5, 0.6) is 0 Å². The zero-order valence-electron chi connectivity index (χ0n) is 29.6. The Kier molecular flexibility index (Phi) is 15.1. The van der Waals surface area contributed by atoms with Crippen molar-refractivity contribution < 1.29 is 22.3 Å². The molecule has 9 nitrogen and oxygen atoms in total. The van der Waals surface area contributed by atoms with Crippen LogP contribution in [0.3, 0.4) is 0 Å². The van der Waals surface area contributed by atoms with Crippen molar-refractivity contribution in [3.05, 3.63) is 0 Å². The predicted molar refractivity (Wildman–Crippen MR) is 187 cm³/mol. The zero-order chi connectivity index (χ0) is 33.3. The van der Waals surface area contributed by atoms with Crippen LogP contribution in [-0.4, -0.2) is 75.6 Å². The van der Waals surface area contributed by atoms with Crippen LogP contribution >= 0.6 is 0 Å². The van der Waals surface area contributed by atoms with Crippen molar-refractivity contribution in [2.45, 2.75) is 136 Å². The Labute approximate surface area is 281 Å². The first-order valence-corrected chi connectivity index (χ1v) is 20.5. The molecule has 0 spiro atoms. The molecule has 11 atom stereocenters. The van der Waals surface area contributed by atoms with Gasteiger partial charge in [-0.2, -0.15) is 8.42 Å². The molecular weight excluding hydrogens is 600 g/mol. The molecule has 0 aromatic rings. The van der Waals surface area contributed by atoms with Crippen LogP contribution in [0.1, 0.15) is 118 Å². The molecule has 7 N–H and O–H groups in total.